The number of thiazole rings is 1. The van der Waals surface area contributed by atoms with E-state index in [4.69, 9.17) is 40.4 Å². The van der Waals surface area contributed by atoms with Crippen LogP contribution in [0.25, 0.3) is 0 Å². The second-order valence-corrected chi connectivity index (χ2v) is 14.5. The molecule has 0 radical (unpaired) electrons. The van der Waals surface area contributed by atoms with Gasteiger partial charge >= 0.3 is 5.97 Å². The average molecular weight is 826 g/mol. The van der Waals surface area contributed by atoms with Crippen LogP contribution in [-0.4, -0.2) is 36.0 Å². The lowest BCUT2D eigenvalue weighted by molar-refractivity contribution is -0.129. The summed E-state index contributed by atoms with van der Waals surface area (Å²) in [5, 5.41) is 20.4. The molecule has 1 aromatic heterocycles. The van der Waals surface area contributed by atoms with E-state index in [0.717, 1.165) is 39.3 Å². The summed E-state index contributed by atoms with van der Waals surface area (Å²) in [6.45, 7) is 0.312. The highest BCUT2D eigenvalue weighted by Crippen LogP contribution is 2.41. The topological polar surface area (TPSA) is 121 Å². The highest BCUT2D eigenvalue weighted by atomic mass is 35.5. The van der Waals surface area contributed by atoms with E-state index in [-0.39, 0.29) is 36.2 Å². The summed E-state index contributed by atoms with van der Waals surface area (Å²) in [6, 6.07) is 48.6. The quantitative estimate of drug-likeness (QED) is 0.0495. The third-order valence-electron chi connectivity index (χ3n) is 9.42. The molecule has 0 spiro atoms. The predicted molar refractivity (Wildman–Crippen MR) is 230 cm³/mol. The SMILES string of the molecule is COc1ccc(COc2cc(CO/N=C(\C(=O)O)c3csc(NC(c4ccccc4)(c4ccccc4)c4ccccc4)n3)cc(Cl)c2OCc2ccc(OC)cc2)cc1. The number of ether oxygens (including phenoxy) is 4. The molecule has 59 heavy (non-hydrogen) atoms. The number of aliphatic carboxylic acids is 1. The minimum Gasteiger partial charge on any atom is -0.497 e. The zero-order chi connectivity index (χ0) is 41.0. The van der Waals surface area contributed by atoms with Crippen molar-refractivity contribution in [3.63, 3.8) is 0 Å². The summed E-state index contributed by atoms with van der Waals surface area (Å²) >= 11 is 8.07. The van der Waals surface area contributed by atoms with Crippen LogP contribution < -0.4 is 24.3 Å². The third kappa shape index (κ3) is 9.66. The van der Waals surface area contributed by atoms with Gasteiger partial charge in [0.2, 0.25) is 5.71 Å². The van der Waals surface area contributed by atoms with E-state index in [9.17, 15) is 9.90 Å². The Kier molecular flexibility index (Phi) is 13.1. The van der Waals surface area contributed by atoms with Gasteiger partial charge in [-0.3, -0.25) is 0 Å². The first kappa shape index (κ1) is 40.4. The Morgan fingerprint density at radius 1 is 0.695 bits per heavy atom. The van der Waals surface area contributed by atoms with Gasteiger partial charge < -0.3 is 34.2 Å². The van der Waals surface area contributed by atoms with E-state index in [1.54, 1.807) is 31.7 Å². The third-order valence-corrected chi connectivity index (χ3v) is 10.5. The first-order valence-electron chi connectivity index (χ1n) is 18.5. The van der Waals surface area contributed by atoms with E-state index >= 15 is 0 Å². The summed E-state index contributed by atoms with van der Waals surface area (Å²) in [7, 11) is 3.22. The molecule has 7 rings (SSSR count). The van der Waals surface area contributed by atoms with Gasteiger partial charge in [0.05, 0.1) is 19.2 Å². The Morgan fingerprint density at radius 2 is 1.20 bits per heavy atom. The van der Waals surface area contributed by atoms with Gasteiger partial charge in [-0.1, -0.05) is 132 Å². The summed E-state index contributed by atoms with van der Waals surface area (Å²) in [5.74, 6) is 0.875. The van der Waals surface area contributed by atoms with Gasteiger partial charge in [-0.25, -0.2) is 9.78 Å². The van der Waals surface area contributed by atoms with Crippen molar-refractivity contribution in [3.8, 4) is 23.0 Å². The highest BCUT2D eigenvalue weighted by molar-refractivity contribution is 7.14. The summed E-state index contributed by atoms with van der Waals surface area (Å²) in [6.07, 6.45) is 0. The van der Waals surface area contributed by atoms with Crippen LogP contribution >= 0.6 is 22.9 Å². The lowest BCUT2D eigenvalue weighted by Crippen LogP contribution is -2.38. The monoisotopic (exact) mass is 825 g/mol. The molecule has 0 saturated heterocycles. The van der Waals surface area contributed by atoms with E-state index in [0.29, 0.717) is 22.2 Å². The maximum atomic E-state index is 12.6. The summed E-state index contributed by atoms with van der Waals surface area (Å²) < 4.78 is 23.0. The van der Waals surface area contributed by atoms with E-state index in [1.807, 2.05) is 103 Å². The second kappa shape index (κ2) is 19.1. The van der Waals surface area contributed by atoms with Crippen LogP contribution in [0.15, 0.2) is 162 Å². The number of carboxylic acids is 1. The molecule has 2 N–H and O–H groups in total. The number of nitrogens with one attached hydrogen (secondary N) is 1. The van der Waals surface area contributed by atoms with Crippen LogP contribution in [-0.2, 0) is 35.0 Å². The number of halogens is 1. The van der Waals surface area contributed by atoms with Crippen molar-refractivity contribution in [1.82, 2.24) is 4.98 Å². The van der Waals surface area contributed by atoms with Crippen LogP contribution in [0.1, 0.15) is 39.1 Å². The van der Waals surface area contributed by atoms with Crippen LogP contribution in [0, 0.1) is 0 Å². The standard InChI is InChI=1S/C47H40ClN3O7S/c1-54-38-22-18-32(19-23-38)28-56-42-27-34(26-40(48)44(42)57-29-33-20-24-39(55-2)25-21-33)30-58-51-43(45(52)53)41-31-59-46(49-41)50-47(35-12-6-3-7-13-35,36-14-8-4-9-15-36)37-16-10-5-11-17-37/h3-27,31H,28-30H2,1-2H3,(H,49,50)(H,52,53)/b51-43-. The highest BCUT2D eigenvalue weighted by Gasteiger charge is 2.37. The number of carbonyl (C=O) groups is 1. The largest absolute Gasteiger partial charge is 0.497 e. The molecule has 0 amide bonds. The minimum absolute atomic E-state index is 0.122. The van der Waals surface area contributed by atoms with Gasteiger partial charge in [-0.15, -0.1) is 11.3 Å². The molecule has 12 heteroatoms. The lowest BCUT2D eigenvalue weighted by atomic mass is 9.77. The number of rotatable bonds is 18. The van der Waals surface area contributed by atoms with Crippen molar-refractivity contribution in [2.75, 3.05) is 19.5 Å². The number of hydrogen-bond acceptors (Lipinski definition) is 10. The van der Waals surface area contributed by atoms with Crippen molar-refractivity contribution in [2.45, 2.75) is 25.4 Å². The van der Waals surface area contributed by atoms with Gasteiger partial charge in [0.1, 0.15) is 42.6 Å². The molecule has 0 aliphatic heterocycles. The van der Waals surface area contributed by atoms with Crippen LogP contribution in [0.5, 0.6) is 23.0 Å². The number of nitrogens with zero attached hydrogens (tertiary/aromatic N) is 2. The van der Waals surface area contributed by atoms with Crippen LogP contribution in [0.3, 0.4) is 0 Å². The van der Waals surface area contributed by atoms with Crippen molar-refractivity contribution >= 4 is 39.8 Å². The van der Waals surface area contributed by atoms with E-state index in [1.165, 1.54) is 11.3 Å². The molecule has 0 fully saturated rings. The van der Waals surface area contributed by atoms with Gasteiger partial charge in [0, 0.05) is 5.38 Å². The Bertz CT molecular complexity index is 2390. The van der Waals surface area contributed by atoms with Crippen molar-refractivity contribution in [2.24, 2.45) is 5.16 Å². The van der Waals surface area contributed by atoms with Crippen molar-refractivity contribution < 1.29 is 33.7 Å². The first-order valence-corrected chi connectivity index (χ1v) is 19.8. The summed E-state index contributed by atoms with van der Waals surface area (Å²) in [4.78, 5) is 23.0. The molecule has 7 aromatic rings. The fourth-order valence-electron chi connectivity index (χ4n) is 6.46. The predicted octanol–water partition coefficient (Wildman–Crippen LogP) is 10.4. The number of benzene rings is 6. The van der Waals surface area contributed by atoms with Gasteiger partial charge in [0.15, 0.2) is 16.6 Å². The average Bonchev–Trinajstić information content (AvgIpc) is 3.74. The zero-order valence-corrected chi connectivity index (χ0v) is 33.8. The number of hydrogen-bond donors (Lipinski definition) is 2. The number of anilines is 1. The van der Waals surface area contributed by atoms with Crippen LogP contribution in [0.4, 0.5) is 5.13 Å². The molecule has 0 atom stereocenters. The second-order valence-electron chi connectivity index (χ2n) is 13.2. The molecule has 0 aliphatic carbocycles. The zero-order valence-electron chi connectivity index (χ0n) is 32.2. The van der Waals surface area contributed by atoms with Crippen molar-refractivity contribution in [3.05, 3.63) is 201 Å². The van der Waals surface area contributed by atoms with Gasteiger partial charge in [0.25, 0.3) is 0 Å². The lowest BCUT2D eigenvalue weighted by Gasteiger charge is -2.36. The molecule has 10 nitrogen and oxygen atoms in total. The number of methoxy groups -OCH3 is 2. The van der Waals surface area contributed by atoms with E-state index < -0.39 is 11.5 Å². The first-order chi connectivity index (χ1) is 28.9. The number of carboxylic acid groups (broad SMARTS) is 1. The fraction of sp³-hybridized carbons (Fsp3) is 0.128. The Balaban J connectivity index is 1.13. The van der Waals surface area contributed by atoms with Gasteiger partial charge in [-0.05, 0) is 69.8 Å². The molecular formula is C47H40ClN3O7S. The minimum atomic E-state index is -1.30. The van der Waals surface area contributed by atoms with E-state index in [2.05, 4.69) is 46.9 Å². The maximum absolute atomic E-state index is 12.6. The summed E-state index contributed by atoms with van der Waals surface area (Å²) in [5.41, 5.74) is 4.23. The normalized spacial score (nSPS) is 11.4. The molecule has 1 heterocycles. The number of aromatic nitrogens is 1. The molecule has 298 valence electrons. The molecule has 6 aromatic carbocycles. The Hall–Kier alpha value is -6.82. The Labute approximate surface area is 351 Å². The van der Waals surface area contributed by atoms with Gasteiger partial charge in [-0.2, -0.15) is 0 Å². The molecule has 0 bridgehead atoms. The molecular weight excluding hydrogens is 786 g/mol. The van der Waals surface area contributed by atoms with Crippen molar-refractivity contribution in [1.29, 1.82) is 0 Å². The maximum Gasteiger partial charge on any atom is 0.360 e. The Morgan fingerprint density at radius 3 is 1.69 bits per heavy atom. The molecule has 0 aliphatic rings. The number of oxime groups is 1. The molecule has 0 unspecified atom stereocenters. The molecule has 0 saturated carbocycles. The van der Waals surface area contributed by atoms with Crippen LogP contribution in [0.2, 0.25) is 5.02 Å². The fourth-order valence-corrected chi connectivity index (χ4v) is 7.50. The smallest absolute Gasteiger partial charge is 0.360 e.